The van der Waals surface area contributed by atoms with Crippen molar-refractivity contribution in [3.8, 4) is 0 Å². The molecule has 0 aliphatic heterocycles. The second-order valence-corrected chi connectivity index (χ2v) is 7.39. The predicted octanol–water partition coefficient (Wildman–Crippen LogP) is 2.76. The summed E-state index contributed by atoms with van der Waals surface area (Å²) in [4.78, 5) is 12.3. The number of nitrogens with one attached hydrogen (secondary N) is 2. The van der Waals surface area contributed by atoms with E-state index < -0.39 is 27.8 Å². The molecule has 0 heterocycles. The van der Waals surface area contributed by atoms with E-state index in [4.69, 9.17) is 0 Å². The Balaban J connectivity index is 2.08. The summed E-state index contributed by atoms with van der Waals surface area (Å²) in [5.74, 6) is -0.940. The fourth-order valence-electron chi connectivity index (χ4n) is 2.33. The van der Waals surface area contributed by atoms with E-state index in [1.165, 1.54) is 0 Å². The van der Waals surface area contributed by atoms with Crippen molar-refractivity contribution in [2.75, 3.05) is 0 Å². The first kappa shape index (κ1) is 19.1. The van der Waals surface area contributed by atoms with Crippen molar-refractivity contribution >= 4 is 15.9 Å². The molecule has 0 aliphatic rings. The Hall–Kier alpha value is -2.25. The highest BCUT2D eigenvalue weighted by Gasteiger charge is 2.25. The summed E-state index contributed by atoms with van der Waals surface area (Å²) < 4.78 is 40.0. The van der Waals surface area contributed by atoms with Crippen molar-refractivity contribution in [1.29, 1.82) is 0 Å². The van der Waals surface area contributed by atoms with Gasteiger partial charge in [-0.1, -0.05) is 37.3 Å². The van der Waals surface area contributed by atoms with Gasteiger partial charge in [0.05, 0.1) is 10.9 Å². The fraction of sp³-hybridized carbons (Fsp3) is 0.278. The van der Waals surface area contributed by atoms with Crippen LogP contribution in [0, 0.1) is 5.82 Å². The van der Waals surface area contributed by atoms with Crippen LogP contribution in [0.1, 0.15) is 31.9 Å². The van der Waals surface area contributed by atoms with E-state index >= 15 is 0 Å². The van der Waals surface area contributed by atoms with E-state index in [0.717, 1.165) is 29.8 Å². The molecule has 0 spiro atoms. The number of hydrogen-bond acceptors (Lipinski definition) is 3. The van der Waals surface area contributed by atoms with Crippen LogP contribution in [0.25, 0.3) is 0 Å². The van der Waals surface area contributed by atoms with E-state index in [1.807, 2.05) is 37.3 Å². The smallest absolute Gasteiger partial charge is 0.241 e. The number of carbonyl (C=O) groups is 1. The maximum absolute atomic E-state index is 13.0. The lowest BCUT2D eigenvalue weighted by Gasteiger charge is -2.20. The van der Waals surface area contributed by atoms with Gasteiger partial charge in [0, 0.05) is 0 Å². The van der Waals surface area contributed by atoms with Crippen LogP contribution in [0.5, 0.6) is 0 Å². The molecule has 0 fully saturated rings. The summed E-state index contributed by atoms with van der Waals surface area (Å²) >= 11 is 0. The lowest BCUT2D eigenvalue weighted by atomic mass is 10.1. The average Bonchev–Trinajstić information content (AvgIpc) is 2.60. The zero-order chi connectivity index (χ0) is 18.4. The highest BCUT2D eigenvalue weighted by Crippen LogP contribution is 2.14. The third-order valence-corrected chi connectivity index (χ3v) is 5.29. The molecule has 2 unspecified atom stereocenters. The molecule has 2 rings (SSSR count). The molecule has 0 aromatic heterocycles. The van der Waals surface area contributed by atoms with Crippen molar-refractivity contribution in [1.82, 2.24) is 10.0 Å². The van der Waals surface area contributed by atoms with Crippen LogP contribution in [0.3, 0.4) is 0 Å². The Morgan fingerprint density at radius 3 is 2.24 bits per heavy atom. The van der Waals surface area contributed by atoms with Gasteiger partial charge < -0.3 is 5.32 Å². The van der Waals surface area contributed by atoms with Crippen LogP contribution in [0.2, 0.25) is 0 Å². The molecular formula is C18H21FN2O3S. The number of hydrogen-bond donors (Lipinski definition) is 2. The van der Waals surface area contributed by atoms with Crippen LogP contribution in [-0.2, 0) is 14.8 Å². The normalized spacial score (nSPS) is 13.9. The zero-order valence-corrected chi connectivity index (χ0v) is 14.9. The minimum absolute atomic E-state index is 0.0868. The minimum atomic E-state index is -3.91. The van der Waals surface area contributed by atoms with Crippen molar-refractivity contribution in [2.24, 2.45) is 0 Å². The third kappa shape index (κ3) is 5.11. The summed E-state index contributed by atoms with van der Waals surface area (Å²) in [6, 6.07) is 12.7. The number of rotatable bonds is 7. The first-order chi connectivity index (χ1) is 11.8. The van der Waals surface area contributed by atoms with E-state index in [1.54, 1.807) is 6.92 Å². The van der Waals surface area contributed by atoms with Gasteiger partial charge in [0.1, 0.15) is 11.9 Å². The molecule has 25 heavy (non-hydrogen) atoms. The molecule has 2 aromatic rings. The molecule has 2 N–H and O–H groups in total. The maximum atomic E-state index is 13.0. The number of amides is 1. The molecule has 0 saturated heterocycles. The molecule has 1 amide bonds. The van der Waals surface area contributed by atoms with Crippen LogP contribution >= 0.6 is 0 Å². The molecule has 2 atom stereocenters. The van der Waals surface area contributed by atoms with Gasteiger partial charge >= 0.3 is 0 Å². The van der Waals surface area contributed by atoms with Gasteiger partial charge in [-0.15, -0.1) is 0 Å². The lowest BCUT2D eigenvalue weighted by molar-refractivity contribution is -0.123. The van der Waals surface area contributed by atoms with Gasteiger partial charge in [-0.3, -0.25) is 4.79 Å². The minimum Gasteiger partial charge on any atom is -0.348 e. The van der Waals surface area contributed by atoms with Gasteiger partial charge in [0.25, 0.3) is 0 Å². The zero-order valence-electron chi connectivity index (χ0n) is 14.1. The molecule has 2 aromatic carbocycles. The predicted molar refractivity (Wildman–Crippen MR) is 93.8 cm³/mol. The topological polar surface area (TPSA) is 75.3 Å². The maximum Gasteiger partial charge on any atom is 0.241 e. The van der Waals surface area contributed by atoms with Crippen molar-refractivity contribution in [3.05, 3.63) is 66.0 Å². The summed E-state index contributed by atoms with van der Waals surface area (Å²) in [6.07, 6.45) is 0.285. The molecule has 0 aliphatic carbocycles. The molecule has 0 saturated carbocycles. The second kappa shape index (κ2) is 8.22. The Morgan fingerprint density at radius 2 is 1.68 bits per heavy atom. The molecule has 134 valence electrons. The summed E-state index contributed by atoms with van der Waals surface area (Å²) in [5, 5.41) is 2.80. The number of halogens is 1. The summed E-state index contributed by atoms with van der Waals surface area (Å²) in [6.45, 7) is 3.54. The molecule has 0 bridgehead atoms. The summed E-state index contributed by atoms with van der Waals surface area (Å²) in [7, 11) is -3.91. The van der Waals surface area contributed by atoms with E-state index in [2.05, 4.69) is 10.0 Å². The van der Waals surface area contributed by atoms with Gasteiger partial charge in [0.15, 0.2) is 0 Å². The van der Waals surface area contributed by atoms with Crippen molar-refractivity contribution in [2.45, 2.75) is 37.2 Å². The van der Waals surface area contributed by atoms with Crippen molar-refractivity contribution in [3.63, 3.8) is 0 Å². The third-order valence-electron chi connectivity index (χ3n) is 3.80. The van der Waals surface area contributed by atoms with E-state index in [-0.39, 0.29) is 17.4 Å². The Bertz CT molecular complexity index is 808. The van der Waals surface area contributed by atoms with E-state index in [9.17, 15) is 17.6 Å². The highest BCUT2D eigenvalue weighted by atomic mass is 32.2. The largest absolute Gasteiger partial charge is 0.348 e. The fourth-order valence-corrected chi connectivity index (χ4v) is 3.61. The van der Waals surface area contributed by atoms with Gasteiger partial charge in [0.2, 0.25) is 15.9 Å². The van der Waals surface area contributed by atoms with Gasteiger partial charge in [-0.25, -0.2) is 12.8 Å². The molecule has 5 nitrogen and oxygen atoms in total. The van der Waals surface area contributed by atoms with Gasteiger partial charge in [-0.2, -0.15) is 4.72 Å². The summed E-state index contributed by atoms with van der Waals surface area (Å²) in [5.41, 5.74) is 0.923. The highest BCUT2D eigenvalue weighted by molar-refractivity contribution is 7.89. The lowest BCUT2D eigenvalue weighted by Crippen LogP contribution is -2.46. The first-order valence-electron chi connectivity index (χ1n) is 7.96. The molecule has 7 heteroatoms. The molecular weight excluding hydrogens is 343 g/mol. The van der Waals surface area contributed by atoms with Crippen LogP contribution in [0.15, 0.2) is 59.5 Å². The van der Waals surface area contributed by atoms with Gasteiger partial charge in [-0.05, 0) is 43.2 Å². The number of sulfonamides is 1. The van der Waals surface area contributed by atoms with Crippen LogP contribution < -0.4 is 10.0 Å². The average molecular weight is 364 g/mol. The van der Waals surface area contributed by atoms with Crippen LogP contribution in [-0.4, -0.2) is 20.4 Å². The van der Waals surface area contributed by atoms with E-state index in [0.29, 0.717) is 0 Å². The SMILES string of the molecule is CCC(NS(=O)(=O)c1ccc(F)cc1)C(=O)NC(C)c1ccccc1. The monoisotopic (exact) mass is 364 g/mol. The van der Waals surface area contributed by atoms with Crippen molar-refractivity contribution < 1.29 is 17.6 Å². The Kier molecular flexibility index (Phi) is 6.27. The standard InChI is InChI=1S/C18H21FN2O3S/c1-3-17(18(22)20-13(2)14-7-5-4-6-8-14)21-25(23,24)16-11-9-15(19)10-12-16/h4-13,17,21H,3H2,1-2H3,(H,20,22). The molecule has 0 radical (unpaired) electrons. The Morgan fingerprint density at radius 1 is 1.08 bits per heavy atom. The number of carbonyl (C=O) groups excluding carboxylic acids is 1. The second-order valence-electron chi connectivity index (χ2n) is 5.68. The number of benzene rings is 2. The Labute approximate surface area is 147 Å². The quantitative estimate of drug-likeness (QED) is 0.793. The van der Waals surface area contributed by atoms with Crippen LogP contribution in [0.4, 0.5) is 4.39 Å². The first-order valence-corrected chi connectivity index (χ1v) is 9.45.